The number of aliphatic hydroxyl groups is 1. The number of alkyl halides is 1. The molecule has 0 spiro atoms. The van der Waals surface area contributed by atoms with E-state index in [9.17, 15) is 9.90 Å². The van der Waals surface area contributed by atoms with E-state index in [0.717, 1.165) is 17.7 Å². The van der Waals surface area contributed by atoms with Crippen molar-refractivity contribution in [2.75, 3.05) is 17.3 Å². The van der Waals surface area contributed by atoms with Crippen molar-refractivity contribution in [1.29, 1.82) is 0 Å². The van der Waals surface area contributed by atoms with Gasteiger partial charge in [0, 0.05) is 23.7 Å². The second-order valence-electron chi connectivity index (χ2n) is 5.93. The molecule has 0 radical (unpaired) electrons. The standard InChI is InChI=1S/C15H21ClN2O2/c1-4-5-13(19)11-6-12-10(8-17-11)15(2,3)9-18(12)14(20)7-16/h6,8,13,19H,4-5,7,9H2,1-3H3. The van der Waals surface area contributed by atoms with E-state index in [1.807, 2.05) is 13.0 Å². The molecule has 5 heteroatoms. The molecule has 1 aromatic rings. The normalized spacial score (nSPS) is 17.9. The van der Waals surface area contributed by atoms with E-state index in [-0.39, 0.29) is 17.2 Å². The zero-order valence-electron chi connectivity index (χ0n) is 12.2. The van der Waals surface area contributed by atoms with Gasteiger partial charge in [0.25, 0.3) is 0 Å². The van der Waals surface area contributed by atoms with Crippen molar-refractivity contribution in [2.24, 2.45) is 0 Å². The molecule has 110 valence electrons. The number of pyridine rings is 1. The number of carbonyl (C=O) groups is 1. The van der Waals surface area contributed by atoms with Crippen LogP contribution in [0, 0.1) is 0 Å². The third kappa shape index (κ3) is 2.67. The Balaban J connectivity index is 2.42. The molecular weight excluding hydrogens is 276 g/mol. The number of rotatable bonds is 4. The highest BCUT2D eigenvalue weighted by molar-refractivity contribution is 6.29. The molecule has 0 fully saturated rings. The lowest BCUT2D eigenvalue weighted by molar-refractivity contribution is -0.116. The SMILES string of the molecule is CCCC(O)c1cc2c(cn1)C(C)(C)CN2C(=O)CCl. The second-order valence-corrected chi connectivity index (χ2v) is 6.20. The molecule has 1 amide bonds. The van der Waals surface area contributed by atoms with Crippen LogP contribution in [0.3, 0.4) is 0 Å². The molecule has 0 saturated heterocycles. The van der Waals surface area contributed by atoms with Crippen LogP contribution < -0.4 is 4.90 Å². The summed E-state index contributed by atoms with van der Waals surface area (Å²) >= 11 is 5.69. The lowest BCUT2D eigenvalue weighted by atomic mass is 9.88. The lowest BCUT2D eigenvalue weighted by Gasteiger charge is -2.19. The summed E-state index contributed by atoms with van der Waals surface area (Å²) in [7, 11) is 0. The first-order valence-corrected chi connectivity index (χ1v) is 7.49. The molecule has 1 aliphatic rings. The van der Waals surface area contributed by atoms with Gasteiger partial charge < -0.3 is 10.0 Å². The molecule has 2 heterocycles. The Bertz CT molecular complexity index is 517. The fraction of sp³-hybridized carbons (Fsp3) is 0.600. The van der Waals surface area contributed by atoms with Crippen LogP contribution in [0.2, 0.25) is 0 Å². The first-order chi connectivity index (χ1) is 9.40. The topological polar surface area (TPSA) is 53.4 Å². The van der Waals surface area contributed by atoms with Crippen molar-refractivity contribution in [2.45, 2.75) is 45.1 Å². The van der Waals surface area contributed by atoms with Crippen LogP contribution in [0.5, 0.6) is 0 Å². The number of fused-ring (bicyclic) bond motifs is 1. The van der Waals surface area contributed by atoms with Crippen LogP contribution in [0.4, 0.5) is 5.69 Å². The molecule has 0 saturated carbocycles. The highest BCUT2D eigenvalue weighted by Crippen LogP contribution is 2.41. The maximum Gasteiger partial charge on any atom is 0.241 e. The quantitative estimate of drug-likeness (QED) is 0.869. The summed E-state index contributed by atoms with van der Waals surface area (Å²) in [6.07, 6.45) is 2.75. The molecule has 1 aliphatic heterocycles. The summed E-state index contributed by atoms with van der Waals surface area (Å²) < 4.78 is 0. The van der Waals surface area contributed by atoms with E-state index in [1.54, 1.807) is 11.1 Å². The number of aromatic nitrogens is 1. The summed E-state index contributed by atoms with van der Waals surface area (Å²) in [5.74, 6) is -0.148. The van der Waals surface area contributed by atoms with Gasteiger partial charge in [-0.1, -0.05) is 27.2 Å². The van der Waals surface area contributed by atoms with E-state index in [0.29, 0.717) is 18.7 Å². The molecule has 1 atom stereocenters. The van der Waals surface area contributed by atoms with Crippen molar-refractivity contribution in [3.8, 4) is 0 Å². The predicted octanol–water partition coefficient (Wildman–Crippen LogP) is 2.78. The van der Waals surface area contributed by atoms with Crippen LogP contribution in [-0.4, -0.2) is 28.4 Å². The molecule has 1 unspecified atom stereocenters. The van der Waals surface area contributed by atoms with Crippen LogP contribution in [-0.2, 0) is 10.2 Å². The molecule has 20 heavy (non-hydrogen) atoms. The van der Waals surface area contributed by atoms with Crippen molar-refractivity contribution in [1.82, 2.24) is 4.98 Å². The monoisotopic (exact) mass is 296 g/mol. The average molecular weight is 297 g/mol. The maximum atomic E-state index is 12.0. The van der Waals surface area contributed by atoms with Gasteiger partial charge in [0.1, 0.15) is 5.88 Å². The minimum Gasteiger partial charge on any atom is -0.387 e. The molecule has 1 aromatic heterocycles. The maximum absolute atomic E-state index is 12.0. The highest BCUT2D eigenvalue weighted by Gasteiger charge is 2.38. The molecule has 0 bridgehead atoms. The van der Waals surface area contributed by atoms with Gasteiger partial charge in [-0.3, -0.25) is 9.78 Å². The Morgan fingerprint density at radius 3 is 2.90 bits per heavy atom. The van der Waals surface area contributed by atoms with Gasteiger partial charge in [0.05, 0.1) is 17.5 Å². The Hall–Kier alpha value is -1.13. The van der Waals surface area contributed by atoms with Crippen molar-refractivity contribution >= 4 is 23.2 Å². The minimum atomic E-state index is -0.582. The fourth-order valence-electron chi connectivity index (χ4n) is 2.67. The zero-order valence-corrected chi connectivity index (χ0v) is 12.9. The van der Waals surface area contributed by atoms with Crippen LogP contribution >= 0.6 is 11.6 Å². The molecule has 4 nitrogen and oxygen atoms in total. The molecule has 0 aromatic carbocycles. The van der Waals surface area contributed by atoms with Gasteiger partial charge in [-0.2, -0.15) is 0 Å². The molecule has 1 N–H and O–H groups in total. The van der Waals surface area contributed by atoms with E-state index in [1.165, 1.54) is 0 Å². The zero-order chi connectivity index (χ0) is 14.9. The number of carbonyl (C=O) groups excluding carboxylic acids is 1. The smallest absolute Gasteiger partial charge is 0.241 e. The summed E-state index contributed by atoms with van der Waals surface area (Å²) in [5.41, 5.74) is 2.35. The van der Waals surface area contributed by atoms with Crippen LogP contribution in [0.1, 0.15) is 51.0 Å². The molecule has 2 rings (SSSR count). The number of amides is 1. The van der Waals surface area contributed by atoms with Crippen LogP contribution in [0.15, 0.2) is 12.3 Å². The highest BCUT2D eigenvalue weighted by atomic mass is 35.5. The van der Waals surface area contributed by atoms with E-state index in [2.05, 4.69) is 18.8 Å². The largest absolute Gasteiger partial charge is 0.387 e. The van der Waals surface area contributed by atoms with Crippen molar-refractivity contribution < 1.29 is 9.90 Å². The summed E-state index contributed by atoms with van der Waals surface area (Å²) in [6, 6.07) is 1.83. The van der Waals surface area contributed by atoms with Crippen molar-refractivity contribution in [3.63, 3.8) is 0 Å². The number of aliphatic hydroxyl groups excluding tert-OH is 1. The first kappa shape index (κ1) is 15.3. The summed E-state index contributed by atoms with van der Waals surface area (Å²) in [6.45, 7) is 6.78. The van der Waals surface area contributed by atoms with Crippen molar-refractivity contribution in [3.05, 3.63) is 23.5 Å². The van der Waals surface area contributed by atoms with Gasteiger partial charge in [0.15, 0.2) is 0 Å². The Labute approximate surface area is 124 Å². The number of anilines is 1. The van der Waals surface area contributed by atoms with E-state index in [4.69, 9.17) is 11.6 Å². The van der Waals surface area contributed by atoms with E-state index >= 15 is 0 Å². The van der Waals surface area contributed by atoms with Gasteiger partial charge >= 0.3 is 0 Å². The second kappa shape index (κ2) is 5.70. The summed E-state index contributed by atoms with van der Waals surface area (Å²) in [5, 5.41) is 10.1. The lowest BCUT2D eigenvalue weighted by Crippen LogP contribution is -2.34. The molecular formula is C15H21ClN2O2. The average Bonchev–Trinajstić information content (AvgIpc) is 2.70. The Morgan fingerprint density at radius 2 is 2.30 bits per heavy atom. The summed E-state index contributed by atoms with van der Waals surface area (Å²) in [4.78, 5) is 18.0. The Morgan fingerprint density at radius 1 is 1.60 bits per heavy atom. The minimum absolute atomic E-state index is 0.0370. The first-order valence-electron chi connectivity index (χ1n) is 6.95. The predicted molar refractivity (Wildman–Crippen MR) is 80.2 cm³/mol. The molecule has 0 aliphatic carbocycles. The third-order valence-corrected chi connectivity index (χ3v) is 4.02. The Kier molecular flexibility index (Phi) is 4.35. The number of halogens is 1. The number of nitrogens with zero attached hydrogens (tertiary/aromatic N) is 2. The van der Waals surface area contributed by atoms with Gasteiger partial charge in [0.2, 0.25) is 5.91 Å². The third-order valence-electron chi connectivity index (χ3n) is 3.80. The number of hydrogen-bond donors (Lipinski definition) is 1. The number of hydrogen-bond acceptors (Lipinski definition) is 3. The van der Waals surface area contributed by atoms with Gasteiger partial charge in [-0.15, -0.1) is 11.6 Å². The van der Waals surface area contributed by atoms with Gasteiger partial charge in [-0.25, -0.2) is 0 Å². The van der Waals surface area contributed by atoms with Crippen LogP contribution in [0.25, 0.3) is 0 Å². The van der Waals surface area contributed by atoms with E-state index < -0.39 is 6.10 Å². The fourth-order valence-corrected chi connectivity index (χ4v) is 2.81. The van der Waals surface area contributed by atoms with Gasteiger partial charge in [-0.05, 0) is 12.5 Å².